The van der Waals surface area contributed by atoms with Crippen molar-refractivity contribution in [1.82, 2.24) is 4.98 Å². The van der Waals surface area contributed by atoms with E-state index in [1.807, 2.05) is 29.6 Å². The van der Waals surface area contributed by atoms with Crippen LogP contribution in [0.25, 0.3) is 11.3 Å². The summed E-state index contributed by atoms with van der Waals surface area (Å²) in [6, 6.07) is 14.0. The van der Waals surface area contributed by atoms with Gasteiger partial charge in [0.2, 0.25) is 0 Å². The molecule has 25 heavy (non-hydrogen) atoms. The number of benzene rings is 2. The van der Waals surface area contributed by atoms with Gasteiger partial charge in [0, 0.05) is 16.5 Å². The highest BCUT2D eigenvalue weighted by Crippen LogP contribution is 2.28. The van der Waals surface area contributed by atoms with Crippen molar-refractivity contribution < 1.29 is 4.79 Å². The number of hydrogen-bond donors (Lipinski definition) is 1. The van der Waals surface area contributed by atoms with Gasteiger partial charge in [-0.3, -0.25) is 10.1 Å². The van der Waals surface area contributed by atoms with Crippen molar-refractivity contribution in [1.29, 1.82) is 0 Å². The predicted octanol–water partition coefficient (Wildman–Crippen LogP) is 5.80. The van der Waals surface area contributed by atoms with Gasteiger partial charge in [0.15, 0.2) is 5.13 Å². The zero-order valence-corrected chi connectivity index (χ0v) is 15.8. The van der Waals surface area contributed by atoms with E-state index in [0.29, 0.717) is 16.6 Å². The molecule has 3 nitrogen and oxygen atoms in total. The Hall–Kier alpha value is -2.46. The van der Waals surface area contributed by atoms with Gasteiger partial charge >= 0.3 is 0 Å². The van der Waals surface area contributed by atoms with Crippen molar-refractivity contribution >= 4 is 22.4 Å². The van der Waals surface area contributed by atoms with Gasteiger partial charge in [-0.05, 0) is 43.0 Å². The second-order valence-corrected chi connectivity index (χ2v) is 7.45. The normalized spacial score (nSPS) is 10.9. The molecule has 0 radical (unpaired) electrons. The van der Waals surface area contributed by atoms with Gasteiger partial charge in [-0.1, -0.05) is 49.7 Å². The summed E-state index contributed by atoms with van der Waals surface area (Å²) in [6.07, 6.45) is 0. The molecule has 0 atom stereocenters. The van der Waals surface area contributed by atoms with Crippen LogP contribution in [0, 0.1) is 13.8 Å². The molecule has 128 valence electrons. The molecule has 3 aromatic rings. The highest BCUT2D eigenvalue weighted by Gasteiger charge is 2.11. The number of anilines is 1. The molecule has 0 fully saturated rings. The van der Waals surface area contributed by atoms with Crippen molar-refractivity contribution in [3.8, 4) is 11.3 Å². The summed E-state index contributed by atoms with van der Waals surface area (Å²) in [7, 11) is 0. The van der Waals surface area contributed by atoms with Crippen LogP contribution in [0.4, 0.5) is 5.13 Å². The molecule has 0 spiro atoms. The first-order chi connectivity index (χ1) is 11.9. The Bertz CT molecular complexity index is 895. The number of aromatic nitrogens is 1. The molecule has 2 aromatic carbocycles. The number of amides is 1. The Labute approximate surface area is 152 Å². The maximum Gasteiger partial charge on any atom is 0.257 e. The fraction of sp³-hybridized carbons (Fsp3) is 0.238. The second-order valence-electron chi connectivity index (χ2n) is 6.59. The monoisotopic (exact) mass is 350 g/mol. The number of carbonyl (C=O) groups excluding carboxylic acids is 1. The van der Waals surface area contributed by atoms with E-state index in [4.69, 9.17) is 0 Å². The van der Waals surface area contributed by atoms with Gasteiger partial charge in [0.05, 0.1) is 5.69 Å². The van der Waals surface area contributed by atoms with Gasteiger partial charge in [0.1, 0.15) is 0 Å². The second kappa shape index (κ2) is 7.19. The average Bonchev–Trinajstić information content (AvgIpc) is 3.03. The third-order valence-electron chi connectivity index (χ3n) is 4.22. The maximum atomic E-state index is 12.4. The predicted molar refractivity (Wildman–Crippen MR) is 106 cm³/mol. The largest absolute Gasteiger partial charge is 0.298 e. The summed E-state index contributed by atoms with van der Waals surface area (Å²) in [5.41, 5.74) is 6.29. The molecule has 0 saturated heterocycles. The summed E-state index contributed by atoms with van der Waals surface area (Å²) >= 11 is 1.45. The van der Waals surface area contributed by atoms with Crippen molar-refractivity contribution in [3.63, 3.8) is 0 Å². The van der Waals surface area contributed by atoms with Crippen molar-refractivity contribution in [2.24, 2.45) is 0 Å². The zero-order chi connectivity index (χ0) is 18.0. The molecule has 4 heteroatoms. The van der Waals surface area contributed by atoms with Crippen molar-refractivity contribution in [2.75, 3.05) is 5.32 Å². The van der Waals surface area contributed by atoms with Gasteiger partial charge in [-0.2, -0.15) is 0 Å². The highest BCUT2D eigenvalue weighted by molar-refractivity contribution is 7.14. The Morgan fingerprint density at radius 2 is 1.80 bits per heavy atom. The Morgan fingerprint density at radius 1 is 1.08 bits per heavy atom. The number of rotatable bonds is 4. The molecular weight excluding hydrogens is 328 g/mol. The van der Waals surface area contributed by atoms with Crippen LogP contribution in [0.5, 0.6) is 0 Å². The van der Waals surface area contributed by atoms with E-state index in [2.05, 4.69) is 56.2 Å². The SMILES string of the molecule is Cc1ccc(-c2csc(NC(=O)c3ccc(C(C)C)cc3)n2)c(C)c1. The molecule has 0 aliphatic heterocycles. The summed E-state index contributed by atoms with van der Waals surface area (Å²) in [4.78, 5) is 17.0. The number of nitrogens with one attached hydrogen (secondary N) is 1. The first kappa shape index (κ1) is 17.4. The van der Waals surface area contributed by atoms with Crippen LogP contribution in [0.2, 0.25) is 0 Å². The molecule has 1 N–H and O–H groups in total. The van der Waals surface area contributed by atoms with Crippen molar-refractivity contribution in [3.05, 3.63) is 70.1 Å². The minimum Gasteiger partial charge on any atom is -0.298 e. The zero-order valence-electron chi connectivity index (χ0n) is 15.0. The quantitative estimate of drug-likeness (QED) is 0.646. The van der Waals surface area contributed by atoms with E-state index in [9.17, 15) is 4.79 Å². The molecule has 1 heterocycles. The number of carbonyl (C=O) groups is 1. The van der Waals surface area contributed by atoms with Crippen LogP contribution in [0.15, 0.2) is 47.8 Å². The molecular formula is C21H22N2OS. The number of thiazole rings is 1. The van der Waals surface area contributed by atoms with E-state index in [1.165, 1.54) is 28.0 Å². The topological polar surface area (TPSA) is 42.0 Å². The fourth-order valence-corrected chi connectivity index (χ4v) is 3.45. The van der Waals surface area contributed by atoms with Gasteiger partial charge in [-0.25, -0.2) is 4.98 Å². The smallest absolute Gasteiger partial charge is 0.257 e. The summed E-state index contributed by atoms with van der Waals surface area (Å²) in [6.45, 7) is 8.43. The molecule has 0 saturated carbocycles. The lowest BCUT2D eigenvalue weighted by Gasteiger charge is -2.06. The van der Waals surface area contributed by atoms with Gasteiger partial charge in [0.25, 0.3) is 5.91 Å². The van der Waals surface area contributed by atoms with Crippen LogP contribution in [-0.2, 0) is 0 Å². The fourth-order valence-electron chi connectivity index (χ4n) is 2.74. The molecule has 0 aliphatic rings. The number of nitrogens with zero attached hydrogens (tertiary/aromatic N) is 1. The molecule has 0 unspecified atom stereocenters. The average molecular weight is 350 g/mol. The molecule has 1 aromatic heterocycles. The minimum absolute atomic E-state index is 0.128. The number of aryl methyl sites for hydroxylation is 2. The van der Waals surface area contributed by atoms with E-state index in [1.54, 1.807) is 0 Å². The van der Waals surface area contributed by atoms with Gasteiger partial charge in [-0.15, -0.1) is 11.3 Å². The molecule has 0 aliphatic carbocycles. The minimum atomic E-state index is -0.128. The first-order valence-corrected chi connectivity index (χ1v) is 9.26. The standard InChI is InChI=1S/C21H22N2OS/c1-13(2)16-6-8-17(9-7-16)20(24)23-21-22-19(12-25-21)18-10-5-14(3)11-15(18)4/h5-13H,1-4H3,(H,22,23,24). The van der Waals surface area contributed by atoms with E-state index < -0.39 is 0 Å². The lowest BCUT2D eigenvalue weighted by Crippen LogP contribution is -2.11. The summed E-state index contributed by atoms with van der Waals surface area (Å²) < 4.78 is 0. The molecule has 1 amide bonds. The van der Waals surface area contributed by atoms with E-state index >= 15 is 0 Å². The highest BCUT2D eigenvalue weighted by atomic mass is 32.1. The summed E-state index contributed by atoms with van der Waals surface area (Å²) in [5.74, 6) is 0.327. The first-order valence-electron chi connectivity index (χ1n) is 8.38. The lowest BCUT2D eigenvalue weighted by molar-refractivity contribution is 0.102. The molecule has 3 rings (SSSR count). The molecule has 0 bridgehead atoms. The number of hydrogen-bond acceptors (Lipinski definition) is 3. The summed E-state index contributed by atoms with van der Waals surface area (Å²) in [5, 5.41) is 5.50. The third kappa shape index (κ3) is 3.97. The van der Waals surface area contributed by atoms with Crippen LogP contribution < -0.4 is 5.32 Å². The van der Waals surface area contributed by atoms with Crippen molar-refractivity contribution in [2.45, 2.75) is 33.6 Å². The lowest BCUT2D eigenvalue weighted by atomic mass is 10.0. The van der Waals surface area contributed by atoms with Crippen LogP contribution in [-0.4, -0.2) is 10.9 Å². The van der Waals surface area contributed by atoms with E-state index in [-0.39, 0.29) is 5.91 Å². The van der Waals surface area contributed by atoms with Gasteiger partial charge < -0.3 is 0 Å². The third-order valence-corrected chi connectivity index (χ3v) is 4.98. The Morgan fingerprint density at radius 3 is 2.44 bits per heavy atom. The Kier molecular flexibility index (Phi) is 5.00. The maximum absolute atomic E-state index is 12.4. The van der Waals surface area contributed by atoms with Crippen LogP contribution in [0.1, 0.15) is 46.8 Å². The Balaban J connectivity index is 1.75. The van der Waals surface area contributed by atoms with Crippen LogP contribution in [0.3, 0.4) is 0 Å². The van der Waals surface area contributed by atoms with E-state index in [0.717, 1.165) is 11.3 Å². The van der Waals surface area contributed by atoms with Crippen LogP contribution >= 0.6 is 11.3 Å².